The summed E-state index contributed by atoms with van der Waals surface area (Å²) >= 11 is 0. The first kappa shape index (κ1) is 29.6. The van der Waals surface area contributed by atoms with Crippen LogP contribution in [0.25, 0.3) is 65.8 Å². The van der Waals surface area contributed by atoms with Gasteiger partial charge < -0.3 is 0 Å². The molecule has 0 N–H and O–H groups in total. The van der Waals surface area contributed by atoms with Gasteiger partial charge in [0.25, 0.3) is 0 Å². The molecule has 8 rings (SSSR count). The van der Waals surface area contributed by atoms with E-state index in [0.29, 0.717) is 0 Å². The third kappa shape index (κ3) is 4.54. The van der Waals surface area contributed by atoms with Crippen molar-refractivity contribution in [3.8, 4) is 33.4 Å². The number of nitrogens with zero attached hydrogens (tertiary/aromatic N) is 1. The first-order valence-electron chi connectivity index (χ1n) is 17.0. The molecule has 0 atom stereocenters. The van der Waals surface area contributed by atoms with Crippen LogP contribution >= 0.6 is 0 Å². The minimum Gasteiger partial charge on any atom is -0.256 e. The van der Waals surface area contributed by atoms with Crippen LogP contribution in [0.5, 0.6) is 0 Å². The summed E-state index contributed by atoms with van der Waals surface area (Å²) in [5, 5.41) is 6.47. The van der Waals surface area contributed by atoms with Crippen LogP contribution in [0.15, 0.2) is 115 Å². The molecule has 1 heterocycles. The van der Waals surface area contributed by atoms with Gasteiger partial charge in [0, 0.05) is 22.4 Å². The maximum Gasteiger partial charge on any atom is 0.0783 e. The largest absolute Gasteiger partial charge is 0.256 e. The monoisotopic (exact) mass is 609 g/mol. The first-order valence-corrected chi connectivity index (χ1v) is 17.0. The lowest BCUT2D eigenvalue weighted by molar-refractivity contribution is 0.593. The van der Waals surface area contributed by atoms with E-state index in [2.05, 4.69) is 159 Å². The SMILES string of the molecule is CC(C)(C)c1c2cc(-c3ccc(-c4ccc5c(c4)C(C)(C)c4ccccc4-5)cc3)ccc2c(C(C)(C)C)c2c1ccc1cccnc12. The van der Waals surface area contributed by atoms with Crippen molar-refractivity contribution in [1.29, 1.82) is 0 Å². The lowest BCUT2D eigenvalue weighted by Crippen LogP contribution is -2.18. The van der Waals surface area contributed by atoms with Gasteiger partial charge in [0.15, 0.2) is 0 Å². The van der Waals surface area contributed by atoms with Gasteiger partial charge in [-0.1, -0.05) is 146 Å². The van der Waals surface area contributed by atoms with E-state index < -0.39 is 0 Å². The number of fused-ring (bicyclic) bond motifs is 7. The van der Waals surface area contributed by atoms with Crippen LogP contribution in [0.3, 0.4) is 0 Å². The average Bonchev–Trinajstić information content (AvgIpc) is 3.28. The highest BCUT2D eigenvalue weighted by atomic mass is 14.6. The lowest BCUT2D eigenvalue weighted by atomic mass is 9.73. The van der Waals surface area contributed by atoms with E-state index in [4.69, 9.17) is 4.98 Å². The van der Waals surface area contributed by atoms with Gasteiger partial charge >= 0.3 is 0 Å². The zero-order valence-electron chi connectivity index (χ0n) is 28.9. The summed E-state index contributed by atoms with van der Waals surface area (Å²) < 4.78 is 0. The Bertz CT molecular complexity index is 2370. The van der Waals surface area contributed by atoms with E-state index in [1.165, 1.54) is 82.6 Å². The second kappa shape index (κ2) is 10.1. The average molecular weight is 610 g/mol. The molecule has 1 aliphatic carbocycles. The number of hydrogen-bond acceptors (Lipinski definition) is 1. The normalized spacial score (nSPS) is 14.1. The predicted molar refractivity (Wildman–Crippen MR) is 203 cm³/mol. The van der Waals surface area contributed by atoms with Gasteiger partial charge in [0.1, 0.15) is 0 Å². The maximum absolute atomic E-state index is 4.95. The van der Waals surface area contributed by atoms with Crippen molar-refractivity contribution < 1.29 is 0 Å². The summed E-state index contributed by atoms with van der Waals surface area (Å²) in [5.41, 5.74) is 14.3. The first-order chi connectivity index (χ1) is 22.3. The molecular formula is C46H43N. The molecule has 0 fully saturated rings. The maximum atomic E-state index is 4.95. The molecule has 232 valence electrons. The van der Waals surface area contributed by atoms with Crippen molar-refractivity contribution in [2.75, 3.05) is 0 Å². The number of hydrogen-bond donors (Lipinski definition) is 0. The smallest absolute Gasteiger partial charge is 0.0783 e. The highest BCUT2D eigenvalue weighted by Crippen LogP contribution is 2.50. The molecule has 1 nitrogen and oxygen atoms in total. The summed E-state index contributed by atoms with van der Waals surface area (Å²) in [6.07, 6.45) is 1.94. The molecule has 1 aromatic heterocycles. The molecule has 7 aromatic rings. The van der Waals surface area contributed by atoms with Crippen LogP contribution in [-0.4, -0.2) is 4.98 Å². The predicted octanol–water partition coefficient (Wildman–Crippen LogP) is 12.8. The van der Waals surface area contributed by atoms with Gasteiger partial charge in [0.2, 0.25) is 0 Å². The lowest BCUT2D eigenvalue weighted by Gasteiger charge is -2.31. The summed E-state index contributed by atoms with van der Waals surface area (Å²) in [5.74, 6) is 0. The molecule has 47 heavy (non-hydrogen) atoms. The molecule has 0 spiro atoms. The molecule has 0 saturated carbocycles. The molecule has 0 saturated heterocycles. The van der Waals surface area contributed by atoms with E-state index in [0.717, 1.165) is 5.52 Å². The van der Waals surface area contributed by atoms with Crippen molar-refractivity contribution in [2.45, 2.75) is 71.6 Å². The second-order valence-electron chi connectivity index (χ2n) is 16.1. The quantitative estimate of drug-likeness (QED) is 0.140. The highest BCUT2D eigenvalue weighted by molar-refractivity contribution is 6.17. The topological polar surface area (TPSA) is 12.9 Å². The van der Waals surface area contributed by atoms with Crippen LogP contribution in [0, 0.1) is 0 Å². The van der Waals surface area contributed by atoms with Crippen LogP contribution in [-0.2, 0) is 16.2 Å². The Hall–Kier alpha value is -4.75. The fourth-order valence-electron chi connectivity index (χ4n) is 8.36. The standard InChI is InChI=1S/C46H43N/c1-44(2,3)41-36-24-19-30-12-11-25-47-43(30)40(36)42(45(4,5)6)35-23-21-31(26-37(35)41)28-15-17-29(18-16-28)32-20-22-34-33-13-9-10-14-38(33)46(7,8)39(34)27-32/h9-27H,1-8H3. The summed E-state index contributed by atoms with van der Waals surface area (Å²) in [7, 11) is 0. The van der Waals surface area contributed by atoms with Crippen molar-refractivity contribution in [3.05, 3.63) is 138 Å². The zero-order chi connectivity index (χ0) is 32.9. The fourth-order valence-corrected chi connectivity index (χ4v) is 8.36. The van der Waals surface area contributed by atoms with Crippen molar-refractivity contribution in [3.63, 3.8) is 0 Å². The Morgan fingerprint density at radius 3 is 1.79 bits per heavy atom. The number of pyridine rings is 1. The van der Waals surface area contributed by atoms with Crippen LogP contribution in [0.4, 0.5) is 0 Å². The van der Waals surface area contributed by atoms with Crippen LogP contribution in [0.2, 0.25) is 0 Å². The van der Waals surface area contributed by atoms with Crippen molar-refractivity contribution >= 4 is 32.4 Å². The van der Waals surface area contributed by atoms with Crippen molar-refractivity contribution in [1.82, 2.24) is 4.98 Å². The van der Waals surface area contributed by atoms with Crippen LogP contribution in [0.1, 0.15) is 77.6 Å². The number of benzene rings is 6. The molecule has 6 aromatic carbocycles. The third-order valence-electron chi connectivity index (χ3n) is 10.5. The van der Waals surface area contributed by atoms with Crippen LogP contribution < -0.4 is 0 Å². The Morgan fingerprint density at radius 2 is 1.09 bits per heavy atom. The Balaban J connectivity index is 1.28. The fraction of sp³-hybridized carbons (Fsp3) is 0.239. The minimum absolute atomic E-state index is 0.00380. The molecule has 0 bridgehead atoms. The van der Waals surface area contributed by atoms with E-state index >= 15 is 0 Å². The summed E-state index contributed by atoms with van der Waals surface area (Å²) in [6.45, 7) is 18.8. The van der Waals surface area contributed by atoms with Gasteiger partial charge in [-0.25, -0.2) is 0 Å². The van der Waals surface area contributed by atoms with E-state index in [-0.39, 0.29) is 16.2 Å². The zero-order valence-corrected chi connectivity index (χ0v) is 28.9. The highest BCUT2D eigenvalue weighted by Gasteiger charge is 2.35. The molecule has 0 aliphatic heterocycles. The third-order valence-corrected chi connectivity index (χ3v) is 10.5. The molecule has 0 unspecified atom stereocenters. The molecular weight excluding hydrogens is 567 g/mol. The van der Waals surface area contributed by atoms with Gasteiger partial charge in [0.05, 0.1) is 5.52 Å². The van der Waals surface area contributed by atoms with Gasteiger partial charge in [-0.05, 0) is 101 Å². The van der Waals surface area contributed by atoms with Gasteiger partial charge in [-0.3, -0.25) is 4.98 Å². The molecule has 1 aliphatic rings. The molecule has 0 amide bonds. The molecule has 0 radical (unpaired) electrons. The molecule has 1 heteroatoms. The second-order valence-corrected chi connectivity index (χ2v) is 16.1. The van der Waals surface area contributed by atoms with E-state index in [9.17, 15) is 0 Å². The Morgan fingerprint density at radius 1 is 0.489 bits per heavy atom. The summed E-state index contributed by atoms with van der Waals surface area (Å²) in [4.78, 5) is 4.95. The van der Waals surface area contributed by atoms with E-state index in [1.54, 1.807) is 0 Å². The number of rotatable bonds is 2. The Labute approximate surface area is 279 Å². The minimum atomic E-state index is -0.0618. The van der Waals surface area contributed by atoms with Gasteiger partial charge in [-0.15, -0.1) is 0 Å². The summed E-state index contributed by atoms with van der Waals surface area (Å²) in [6, 6.07) is 41.0. The van der Waals surface area contributed by atoms with Gasteiger partial charge in [-0.2, -0.15) is 0 Å². The Kier molecular flexibility index (Phi) is 6.38. The van der Waals surface area contributed by atoms with E-state index in [1.807, 2.05) is 12.3 Å². The number of aromatic nitrogens is 1. The van der Waals surface area contributed by atoms with Crippen molar-refractivity contribution in [2.24, 2.45) is 0 Å².